The molecule has 22 heavy (non-hydrogen) atoms. The molecule has 0 aliphatic heterocycles. The highest BCUT2D eigenvalue weighted by Gasteiger charge is 2.16. The van der Waals surface area contributed by atoms with Crippen molar-refractivity contribution in [1.29, 1.82) is 0 Å². The normalized spacial score (nSPS) is 15.9. The molecule has 1 aliphatic rings. The van der Waals surface area contributed by atoms with Gasteiger partial charge in [0.1, 0.15) is 0 Å². The average molecular weight is 389 g/mol. The molecule has 3 N–H and O–H groups in total. The Morgan fingerprint density at radius 1 is 1.32 bits per heavy atom. The van der Waals surface area contributed by atoms with Gasteiger partial charge in [-0.2, -0.15) is 0 Å². The summed E-state index contributed by atoms with van der Waals surface area (Å²) in [6.07, 6.45) is 7.34. The van der Waals surface area contributed by atoms with Crippen LogP contribution in [0.15, 0.2) is 27.6 Å². The fourth-order valence-corrected chi connectivity index (χ4v) is 3.81. The highest BCUT2D eigenvalue weighted by atomic mass is 79.9. The summed E-state index contributed by atoms with van der Waals surface area (Å²) in [7, 11) is -3.81. The van der Waals surface area contributed by atoms with E-state index in [4.69, 9.17) is 5.14 Å². The van der Waals surface area contributed by atoms with Crippen molar-refractivity contribution in [2.24, 2.45) is 11.1 Å². The molecule has 0 saturated heterocycles. The van der Waals surface area contributed by atoms with E-state index in [-0.39, 0.29) is 16.4 Å². The van der Waals surface area contributed by atoms with Crippen LogP contribution in [0.5, 0.6) is 0 Å². The fraction of sp³-hybridized carbons (Fsp3) is 0.533. The Labute approximate surface area is 139 Å². The highest BCUT2D eigenvalue weighted by Crippen LogP contribution is 2.28. The van der Waals surface area contributed by atoms with E-state index in [0.29, 0.717) is 11.0 Å². The molecule has 0 bridgehead atoms. The molecule has 0 aromatic heterocycles. The molecule has 122 valence electrons. The molecule has 1 saturated carbocycles. The van der Waals surface area contributed by atoms with Crippen molar-refractivity contribution in [2.75, 3.05) is 6.54 Å². The molecule has 0 radical (unpaired) electrons. The zero-order valence-corrected chi connectivity index (χ0v) is 14.7. The van der Waals surface area contributed by atoms with Crippen LogP contribution in [0.3, 0.4) is 0 Å². The van der Waals surface area contributed by atoms with Gasteiger partial charge in [0.25, 0.3) is 5.91 Å². The third-order valence-corrected chi connectivity index (χ3v) is 5.66. The number of benzene rings is 1. The van der Waals surface area contributed by atoms with Crippen LogP contribution in [0.4, 0.5) is 0 Å². The topological polar surface area (TPSA) is 89.3 Å². The SMILES string of the molecule is NS(=O)(=O)c1ccc(Br)c(C(=O)NCCCC2CCCC2)c1. The van der Waals surface area contributed by atoms with E-state index < -0.39 is 10.0 Å². The number of carbonyl (C=O) groups excluding carboxylic acids is 1. The van der Waals surface area contributed by atoms with Crippen molar-refractivity contribution in [3.63, 3.8) is 0 Å². The van der Waals surface area contributed by atoms with Crippen LogP contribution in [0, 0.1) is 5.92 Å². The van der Waals surface area contributed by atoms with Gasteiger partial charge in [0.15, 0.2) is 0 Å². The first-order valence-corrected chi connectivity index (χ1v) is 9.82. The van der Waals surface area contributed by atoms with Gasteiger partial charge in [-0.1, -0.05) is 25.7 Å². The summed E-state index contributed by atoms with van der Waals surface area (Å²) in [6, 6.07) is 4.19. The zero-order valence-electron chi connectivity index (χ0n) is 12.3. The number of halogens is 1. The molecule has 1 aromatic rings. The van der Waals surface area contributed by atoms with Gasteiger partial charge in [-0.3, -0.25) is 4.79 Å². The van der Waals surface area contributed by atoms with Gasteiger partial charge in [0.05, 0.1) is 10.5 Å². The van der Waals surface area contributed by atoms with E-state index in [9.17, 15) is 13.2 Å². The number of hydrogen-bond donors (Lipinski definition) is 2. The number of amides is 1. The minimum absolute atomic E-state index is 0.0631. The smallest absolute Gasteiger partial charge is 0.252 e. The minimum atomic E-state index is -3.81. The van der Waals surface area contributed by atoms with Crippen LogP contribution in [-0.2, 0) is 10.0 Å². The summed E-state index contributed by atoms with van der Waals surface area (Å²) in [5.74, 6) is 0.512. The van der Waals surface area contributed by atoms with Crippen molar-refractivity contribution < 1.29 is 13.2 Å². The first-order chi connectivity index (χ1) is 10.4. The Hall–Kier alpha value is -0.920. The second-order valence-corrected chi connectivity index (χ2v) is 8.15. The molecule has 5 nitrogen and oxygen atoms in total. The van der Waals surface area contributed by atoms with Crippen molar-refractivity contribution >= 4 is 31.9 Å². The Bertz CT molecular complexity index is 640. The van der Waals surface area contributed by atoms with Crippen LogP contribution >= 0.6 is 15.9 Å². The predicted molar refractivity (Wildman–Crippen MR) is 89.0 cm³/mol. The molecule has 0 unspecified atom stereocenters. The van der Waals surface area contributed by atoms with Crippen LogP contribution < -0.4 is 10.5 Å². The molecular formula is C15H21BrN2O3S. The van der Waals surface area contributed by atoms with Gasteiger partial charge >= 0.3 is 0 Å². The van der Waals surface area contributed by atoms with Gasteiger partial charge < -0.3 is 5.32 Å². The quantitative estimate of drug-likeness (QED) is 0.734. The first kappa shape index (κ1) is 17.4. The lowest BCUT2D eigenvalue weighted by molar-refractivity contribution is 0.0951. The molecule has 0 heterocycles. The molecule has 1 aliphatic carbocycles. The number of rotatable bonds is 6. The van der Waals surface area contributed by atoms with Gasteiger partial charge in [0.2, 0.25) is 10.0 Å². The maximum atomic E-state index is 12.2. The van der Waals surface area contributed by atoms with Gasteiger partial charge in [0, 0.05) is 11.0 Å². The van der Waals surface area contributed by atoms with Crippen molar-refractivity contribution in [2.45, 2.75) is 43.4 Å². The average Bonchev–Trinajstić information content (AvgIpc) is 2.95. The monoisotopic (exact) mass is 388 g/mol. The molecule has 0 spiro atoms. The minimum Gasteiger partial charge on any atom is -0.352 e. The number of sulfonamides is 1. The van der Waals surface area contributed by atoms with E-state index in [0.717, 1.165) is 18.8 Å². The van der Waals surface area contributed by atoms with Crippen LogP contribution in [0.1, 0.15) is 48.9 Å². The highest BCUT2D eigenvalue weighted by molar-refractivity contribution is 9.10. The molecule has 1 amide bonds. The summed E-state index contributed by atoms with van der Waals surface area (Å²) >= 11 is 3.26. The number of nitrogens with one attached hydrogen (secondary N) is 1. The van der Waals surface area contributed by atoms with E-state index in [1.165, 1.54) is 43.9 Å². The molecule has 1 fully saturated rings. The third-order valence-electron chi connectivity index (χ3n) is 4.06. The molecule has 0 atom stereocenters. The lowest BCUT2D eigenvalue weighted by Gasteiger charge is -2.10. The predicted octanol–water partition coefficient (Wildman–Crippen LogP) is 2.80. The van der Waals surface area contributed by atoms with E-state index in [1.54, 1.807) is 0 Å². The molecule has 7 heteroatoms. The summed E-state index contributed by atoms with van der Waals surface area (Å²) in [4.78, 5) is 12.1. The Kier molecular flexibility index (Phi) is 6.00. The molecular weight excluding hydrogens is 368 g/mol. The van der Waals surface area contributed by atoms with Gasteiger partial charge in [-0.25, -0.2) is 13.6 Å². The van der Waals surface area contributed by atoms with E-state index >= 15 is 0 Å². The number of carbonyl (C=O) groups is 1. The van der Waals surface area contributed by atoms with Gasteiger partial charge in [-0.15, -0.1) is 0 Å². The molecule has 1 aromatic carbocycles. The summed E-state index contributed by atoms with van der Waals surface area (Å²) < 4.78 is 23.3. The zero-order chi connectivity index (χ0) is 16.2. The van der Waals surface area contributed by atoms with E-state index in [1.807, 2.05) is 0 Å². The van der Waals surface area contributed by atoms with Crippen LogP contribution in [0.25, 0.3) is 0 Å². The first-order valence-electron chi connectivity index (χ1n) is 7.48. The summed E-state index contributed by atoms with van der Waals surface area (Å²) in [5.41, 5.74) is 0.285. The second-order valence-electron chi connectivity index (χ2n) is 5.74. The number of nitrogens with two attached hydrogens (primary N) is 1. The lowest BCUT2D eigenvalue weighted by Crippen LogP contribution is -2.25. The van der Waals surface area contributed by atoms with Crippen LogP contribution in [0.2, 0.25) is 0 Å². The standard InChI is InChI=1S/C15H21BrN2O3S/c16-14-8-7-12(22(17,20)21)10-13(14)15(19)18-9-3-6-11-4-1-2-5-11/h7-8,10-11H,1-6,9H2,(H,18,19)(H2,17,20,21). The van der Waals surface area contributed by atoms with Crippen molar-refractivity contribution in [3.8, 4) is 0 Å². The maximum Gasteiger partial charge on any atom is 0.252 e. The lowest BCUT2D eigenvalue weighted by atomic mass is 10.0. The fourth-order valence-electron chi connectivity index (χ4n) is 2.84. The Morgan fingerprint density at radius 2 is 2.00 bits per heavy atom. The largest absolute Gasteiger partial charge is 0.352 e. The molecule has 2 rings (SSSR count). The van der Waals surface area contributed by atoms with Crippen molar-refractivity contribution in [1.82, 2.24) is 5.32 Å². The number of primary sulfonamides is 1. The Morgan fingerprint density at radius 3 is 2.64 bits per heavy atom. The third kappa shape index (κ3) is 4.79. The number of hydrogen-bond acceptors (Lipinski definition) is 3. The van der Waals surface area contributed by atoms with Gasteiger partial charge in [-0.05, 0) is 52.9 Å². The van der Waals surface area contributed by atoms with Crippen molar-refractivity contribution in [3.05, 3.63) is 28.2 Å². The Balaban J connectivity index is 1.91. The maximum absolute atomic E-state index is 12.2. The summed E-state index contributed by atoms with van der Waals surface area (Å²) in [5, 5.41) is 7.93. The van der Waals surface area contributed by atoms with Crippen LogP contribution in [-0.4, -0.2) is 20.9 Å². The summed E-state index contributed by atoms with van der Waals surface area (Å²) in [6.45, 7) is 0.599. The van der Waals surface area contributed by atoms with E-state index in [2.05, 4.69) is 21.2 Å². The second kappa shape index (κ2) is 7.57.